The summed E-state index contributed by atoms with van der Waals surface area (Å²) in [5.74, 6) is -1.43. The van der Waals surface area contributed by atoms with Gasteiger partial charge in [0.05, 0.1) is 10.5 Å². The molecule has 74 valence electrons. The van der Waals surface area contributed by atoms with Crippen molar-refractivity contribution in [2.45, 2.75) is 6.04 Å². The number of quaternary nitrogens is 1. The summed E-state index contributed by atoms with van der Waals surface area (Å²) in [6.45, 7) is 0. The lowest BCUT2D eigenvalue weighted by Gasteiger charge is -2.09. The Kier molecular flexibility index (Phi) is 2.78. The Balaban J connectivity index is 3.19. The van der Waals surface area contributed by atoms with E-state index in [1.54, 1.807) is 0 Å². The van der Waals surface area contributed by atoms with Gasteiger partial charge in [-0.1, -0.05) is 12.1 Å². The predicted octanol–water partition coefficient (Wildman–Crippen LogP) is -1.37. The van der Waals surface area contributed by atoms with Gasteiger partial charge in [-0.3, -0.25) is 10.1 Å². The van der Waals surface area contributed by atoms with Crippen molar-refractivity contribution in [1.82, 2.24) is 0 Å². The van der Waals surface area contributed by atoms with Crippen LogP contribution < -0.4 is 10.8 Å². The molecule has 0 heterocycles. The van der Waals surface area contributed by atoms with Crippen LogP contribution in [0.2, 0.25) is 0 Å². The molecule has 6 heteroatoms. The van der Waals surface area contributed by atoms with Gasteiger partial charge in [0.2, 0.25) is 0 Å². The minimum atomic E-state index is -1.43. The van der Waals surface area contributed by atoms with Crippen LogP contribution in [0.15, 0.2) is 24.3 Å². The molecule has 1 aromatic carbocycles. The lowest BCUT2D eigenvalue weighted by molar-refractivity contribution is -0.447. The van der Waals surface area contributed by atoms with Gasteiger partial charge in [0.25, 0.3) is 5.69 Å². The maximum atomic E-state index is 10.5. The first-order valence-corrected chi connectivity index (χ1v) is 3.81. The third-order valence-corrected chi connectivity index (χ3v) is 1.79. The summed E-state index contributed by atoms with van der Waals surface area (Å²) in [6, 6.07) is 4.34. The molecule has 0 bridgehead atoms. The highest BCUT2D eigenvalue weighted by molar-refractivity contribution is 5.73. The number of nitro benzene ring substituents is 1. The van der Waals surface area contributed by atoms with Crippen LogP contribution in [-0.4, -0.2) is 10.9 Å². The van der Waals surface area contributed by atoms with E-state index >= 15 is 0 Å². The first-order chi connectivity index (χ1) is 6.54. The molecule has 0 unspecified atom stereocenters. The molecule has 0 fully saturated rings. The second kappa shape index (κ2) is 3.84. The number of nitrogens with zero attached hydrogens (tertiary/aromatic N) is 1. The van der Waals surface area contributed by atoms with Crippen molar-refractivity contribution in [2.75, 3.05) is 0 Å². The first kappa shape index (κ1) is 10.1. The molecule has 6 nitrogen and oxygen atoms in total. The van der Waals surface area contributed by atoms with Crippen molar-refractivity contribution in [3.8, 4) is 0 Å². The average molecular weight is 196 g/mol. The largest absolute Gasteiger partial charge is 0.544 e. The molecule has 0 aliphatic heterocycles. The molecule has 0 saturated carbocycles. The van der Waals surface area contributed by atoms with E-state index in [1.165, 1.54) is 24.3 Å². The Hall–Kier alpha value is -1.95. The van der Waals surface area contributed by atoms with Crippen molar-refractivity contribution in [2.24, 2.45) is 0 Å². The Labute approximate surface area is 79.1 Å². The molecular weight excluding hydrogens is 188 g/mol. The molecule has 1 atom stereocenters. The Morgan fingerprint density at radius 1 is 1.43 bits per heavy atom. The fourth-order valence-electron chi connectivity index (χ4n) is 1.08. The fourth-order valence-corrected chi connectivity index (χ4v) is 1.08. The summed E-state index contributed by atoms with van der Waals surface area (Å²) in [4.78, 5) is 20.3. The van der Waals surface area contributed by atoms with Crippen LogP contribution in [0.4, 0.5) is 5.69 Å². The van der Waals surface area contributed by atoms with E-state index in [2.05, 4.69) is 5.73 Å². The summed E-state index contributed by atoms with van der Waals surface area (Å²) in [7, 11) is 0. The van der Waals surface area contributed by atoms with Gasteiger partial charge in [-0.25, -0.2) is 0 Å². The van der Waals surface area contributed by atoms with Crippen molar-refractivity contribution < 1.29 is 20.6 Å². The standard InChI is InChI=1S/C8H8N2O4/c9-7(8(11)12)5-3-1-2-4-6(5)10(13)14/h1-4,7H,9H2,(H,11,12)/t7-/m1/s1. The second-order valence-corrected chi connectivity index (χ2v) is 2.69. The summed E-state index contributed by atoms with van der Waals surface area (Å²) in [5, 5.41) is 21.0. The number of benzene rings is 1. The summed E-state index contributed by atoms with van der Waals surface area (Å²) >= 11 is 0. The molecular formula is C8H8N2O4. The summed E-state index contributed by atoms with van der Waals surface area (Å²) in [5.41, 5.74) is 3.08. The van der Waals surface area contributed by atoms with Gasteiger partial charge in [-0.05, 0) is 6.07 Å². The zero-order chi connectivity index (χ0) is 10.7. The van der Waals surface area contributed by atoms with Gasteiger partial charge in [0.15, 0.2) is 6.04 Å². The first-order valence-electron chi connectivity index (χ1n) is 3.81. The number of nitro groups is 1. The number of aliphatic carboxylic acids is 1. The van der Waals surface area contributed by atoms with Gasteiger partial charge in [-0.2, -0.15) is 0 Å². The zero-order valence-corrected chi connectivity index (χ0v) is 7.17. The Morgan fingerprint density at radius 2 is 2.00 bits per heavy atom. The van der Waals surface area contributed by atoms with Crippen molar-refractivity contribution in [1.29, 1.82) is 0 Å². The molecule has 0 spiro atoms. The van der Waals surface area contributed by atoms with Crippen molar-refractivity contribution in [3.05, 3.63) is 39.9 Å². The molecule has 0 aromatic heterocycles. The number of carbonyl (C=O) groups is 1. The van der Waals surface area contributed by atoms with Gasteiger partial charge in [0, 0.05) is 6.07 Å². The SMILES string of the molecule is [NH3+][C@@H](C(=O)[O-])c1ccccc1[N+](=O)[O-]. The lowest BCUT2D eigenvalue weighted by Crippen LogP contribution is -2.61. The van der Waals surface area contributed by atoms with Crippen LogP contribution in [0.1, 0.15) is 11.6 Å². The van der Waals surface area contributed by atoms with Crippen LogP contribution >= 0.6 is 0 Å². The number of rotatable bonds is 3. The Bertz CT molecular complexity index is 377. The molecule has 1 aromatic rings. The number of hydrogen-bond donors (Lipinski definition) is 1. The maximum absolute atomic E-state index is 10.5. The Morgan fingerprint density at radius 3 is 2.50 bits per heavy atom. The number of hydrogen-bond acceptors (Lipinski definition) is 4. The highest BCUT2D eigenvalue weighted by atomic mass is 16.6. The lowest BCUT2D eigenvalue weighted by atomic mass is 10.1. The summed E-state index contributed by atoms with van der Waals surface area (Å²) in [6.07, 6.45) is 0. The summed E-state index contributed by atoms with van der Waals surface area (Å²) < 4.78 is 0. The quantitative estimate of drug-likeness (QED) is 0.474. The second-order valence-electron chi connectivity index (χ2n) is 2.69. The van der Waals surface area contributed by atoms with E-state index in [0.29, 0.717) is 0 Å². The minimum absolute atomic E-state index is 0.0532. The van der Waals surface area contributed by atoms with Crippen molar-refractivity contribution in [3.63, 3.8) is 0 Å². The predicted molar refractivity (Wildman–Crippen MR) is 43.7 cm³/mol. The molecule has 0 aliphatic carbocycles. The van der Waals surface area contributed by atoms with Crippen LogP contribution in [0, 0.1) is 10.1 Å². The van der Waals surface area contributed by atoms with Gasteiger partial charge in [0.1, 0.15) is 5.97 Å². The number of carboxylic acid groups (broad SMARTS) is 1. The number of carboxylic acids is 1. The van der Waals surface area contributed by atoms with E-state index in [4.69, 9.17) is 0 Å². The highest BCUT2D eigenvalue weighted by Gasteiger charge is 2.21. The van der Waals surface area contributed by atoms with Gasteiger partial charge in [-0.15, -0.1) is 0 Å². The fraction of sp³-hybridized carbons (Fsp3) is 0.125. The normalized spacial score (nSPS) is 12.1. The third-order valence-electron chi connectivity index (χ3n) is 1.79. The molecule has 0 amide bonds. The molecule has 1 rings (SSSR count). The van der Waals surface area contributed by atoms with Crippen molar-refractivity contribution >= 4 is 11.7 Å². The molecule has 0 saturated heterocycles. The van der Waals surface area contributed by atoms with Crippen LogP contribution in [-0.2, 0) is 4.79 Å². The van der Waals surface area contributed by atoms with E-state index in [1.807, 2.05) is 0 Å². The van der Waals surface area contributed by atoms with E-state index < -0.39 is 16.9 Å². The minimum Gasteiger partial charge on any atom is -0.544 e. The number of carbonyl (C=O) groups excluding carboxylic acids is 1. The van der Waals surface area contributed by atoms with Crippen LogP contribution in [0.3, 0.4) is 0 Å². The maximum Gasteiger partial charge on any atom is 0.278 e. The molecule has 14 heavy (non-hydrogen) atoms. The van der Waals surface area contributed by atoms with E-state index in [-0.39, 0.29) is 11.3 Å². The molecule has 0 radical (unpaired) electrons. The monoisotopic (exact) mass is 196 g/mol. The molecule has 0 aliphatic rings. The third kappa shape index (κ3) is 1.86. The topological polar surface area (TPSA) is 111 Å². The van der Waals surface area contributed by atoms with Gasteiger partial charge < -0.3 is 15.6 Å². The van der Waals surface area contributed by atoms with Gasteiger partial charge >= 0.3 is 0 Å². The van der Waals surface area contributed by atoms with Crippen LogP contribution in [0.25, 0.3) is 0 Å². The molecule has 3 N–H and O–H groups in total. The highest BCUT2D eigenvalue weighted by Crippen LogP contribution is 2.21. The number of para-hydroxylation sites is 1. The smallest absolute Gasteiger partial charge is 0.278 e. The van der Waals surface area contributed by atoms with E-state index in [9.17, 15) is 20.0 Å². The van der Waals surface area contributed by atoms with Crippen LogP contribution in [0.5, 0.6) is 0 Å². The average Bonchev–Trinajstić information content (AvgIpc) is 2.16. The zero-order valence-electron chi connectivity index (χ0n) is 7.17. The van der Waals surface area contributed by atoms with E-state index in [0.717, 1.165) is 0 Å².